The van der Waals surface area contributed by atoms with Crippen LogP contribution >= 0.6 is 11.6 Å². The van der Waals surface area contributed by atoms with Gasteiger partial charge < -0.3 is 0 Å². The number of benzene rings is 1. The molecule has 0 nitrogen and oxygen atoms in total. The fourth-order valence-corrected chi connectivity index (χ4v) is 1.67. The van der Waals surface area contributed by atoms with Crippen LogP contribution in [-0.2, 0) is 6.42 Å². The molecule has 0 spiro atoms. The summed E-state index contributed by atoms with van der Waals surface area (Å²) in [6, 6.07) is 6.10. The van der Waals surface area contributed by atoms with Crippen LogP contribution in [0.25, 0.3) is 0 Å². The van der Waals surface area contributed by atoms with Crippen molar-refractivity contribution in [3.05, 3.63) is 40.8 Å². The van der Waals surface area contributed by atoms with Gasteiger partial charge in [0.1, 0.15) is 0 Å². The van der Waals surface area contributed by atoms with E-state index in [-0.39, 0.29) is 0 Å². The molecule has 0 saturated carbocycles. The lowest BCUT2D eigenvalue weighted by Gasteiger charge is -1.98. The molecule has 2 rings (SSSR count). The van der Waals surface area contributed by atoms with E-state index in [9.17, 15) is 0 Å². The molecule has 0 bridgehead atoms. The summed E-state index contributed by atoms with van der Waals surface area (Å²) in [7, 11) is 0. The van der Waals surface area contributed by atoms with Crippen molar-refractivity contribution in [2.75, 3.05) is 0 Å². The van der Waals surface area contributed by atoms with Gasteiger partial charge in [-0.1, -0.05) is 23.7 Å². The molecule has 0 aromatic heterocycles. The van der Waals surface area contributed by atoms with E-state index in [0.717, 1.165) is 17.9 Å². The van der Waals surface area contributed by atoms with Crippen LogP contribution in [0.4, 0.5) is 0 Å². The average molecular weight is 152 g/mol. The Bertz CT molecular complexity index is 253. The Morgan fingerprint density at radius 2 is 2.20 bits per heavy atom. The molecule has 1 aliphatic carbocycles. The Labute approximate surface area is 65.8 Å². The van der Waals surface area contributed by atoms with Crippen LogP contribution in [0.3, 0.4) is 0 Å². The number of hydrogen-bond acceptors (Lipinski definition) is 0. The first-order chi connectivity index (χ1) is 4.88. The molecule has 1 aromatic carbocycles. The lowest BCUT2D eigenvalue weighted by molar-refractivity contribution is 1.03. The fraction of sp³-hybridized carbons (Fsp3) is 0.222. The molecule has 0 unspecified atom stereocenters. The van der Waals surface area contributed by atoms with Crippen molar-refractivity contribution in [3.63, 3.8) is 0 Å². The van der Waals surface area contributed by atoms with Crippen molar-refractivity contribution in [2.24, 2.45) is 0 Å². The second-order valence-electron chi connectivity index (χ2n) is 2.56. The van der Waals surface area contributed by atoms with Gasteiger partial charge >= 0.3 is 0 Å². The van der Waals surface area contributed by atoms with E-state index in [2.05, 4.69) is 12.5 Å². The normalized spacial score (nSPS) is 15.3. The lowest BCUT2D eigenvalue weighted by atomic mass is 10.1. The Hall–Kier alpha value is -0.490. The van der Waals surface area contributed by atoms with Crippen molar-refractivity contribution < 1.29 is 0 Å². The highest BCUT2D eigenvalue weighted by molar-refractivity contribution is 6.31. The van der Waals surface area contributed by atoms with E-state index in [0.29, 0.717) is 0 Å². The zero-order valence-electron chi connectivity index (χ0n) is 5.60. The molecule has 0 N–H and O–H groups in total. The van der Waals surface area contributed by atoms with Gasteiger partial charge in [0.15, 0.2) is 0 Å². The smallest absolute Gasteiger partial charge is 0.0443 e. The third kappa shape index (κ3) is 0.836. The van der Waals surface area contributed by atoms with Gasteiger partial charge in [-0.05, 0) is 36.5 Å². The highest BCUT2D eigenvalue weighted by atomic mass is 35.5. The van der Waals surface area contributed by atoms with Gasteiger partial charge in [0.05, 0.1) is 0 Å². The van der Waals surface area contributed by atoms with Crippen LogP contribution in [0.2, 0.25) is 5.02 Å². The zero-order valence-corrected chi connectivity index (χ0v) is 6.36. The Balaban J connectivity index is 2.59. The van der Waals surface area contributed by atoms with Gasteiger partial charge in [-0.15, -0.1) is 0 Å². The number of halogens is 1. The van der Waals surface area contributed by atoms with Crippen LogP contribution in [0.15, 0.2) is 18.2 Å². The second kappa shape index (κ2) is 2.28. The molecular formula is C9H8Cl. The van der Waals surface area contributed by atoms with Crippen LogP contribution in [0.1, 0.15) is 17.5 Å². The molecular weight excluding hydrogens is 144 g/mol. The topological polar surface area (TPSA) is 0 Å². The van der Waals surface area contributed by atoms with E-state index in [4.69, 9.17) is 11.6 Å². The van der Waals surface area contributed by atoms with E-state index in [1.807, 2.05) is 12.1 Å². The predicted molar refractivity (Wildman–Crippen MR) is 43.2 cm³/mol. The van der Waals surface area contributed by atoms with Crippen molar-refractivity contribution in [1.82, 2.24) is 0 Å². The summed E-state index contributed by atoms with van der Waals surface area (Å²) in [6.07, 6.45) is 4.52. The Kier molecular flexibility index (Phi) is 1.42. The summed E-state index contributed by atoms with van der Waals surface area (Å²) >= 11 is 5.94. The van der Waals surface area contributed by atoms with E-state index < -0.39 is 0 Å². The molecule has 0 amide bonds. The number of hydrogen-bond donors (Lipinski definition) is 0. The molecule has 0 fully saturated rings. The maximum Gasteiger partial charge on any atom is 0.0443 e. The molecule has 1 aliphatic rings. The van der Waals surface area contributed by atoms with E-state index in [1.165, 1.54) is 11.1 Å². The summed E-state index contributed by atoms with van der Waals surface area (Å²) in [4.78, 5) is 0. The van der Waals surface area contributed by atoms with Gasteiger partial charge in [-0.25, -0.2) is 0 Å². The Morgan fingerprint density at radius 1 is 1.30 bits per heavy atom. The number of fused-ring (bicyclic) bond motifs is 1. The van der Waals surface area contributed by atoms with Gasteiger partial charge in [0.2, 0.25) is 0 Å². The minimum absolute atomic E-state index is 0.898. The second-order valence-corrected chi connectivity index (χ2v) is 2.96. The summed E-state index contributed by atoms with van der Waals surface area (Å²) in [5, 5.41) is 0.898. The van der Waals surface area contributed by atoms with Crippen molar-refractivity contribution >= 4 is 11.6 Å². The van der Waals surface area contributed by atoms with Gasteiger partial charge in [0, 0.05) is 5.02 Å². The summed E-state index contributed by atoms with van der Waals surface area (Å²) in [5.74, 6) is 0. The van der Waals surface area contributed by atoms with Crippen LogP contribution in [0.5, 0.6) is 0 Å². The molecule has 51 valence electrons. The van der Waals surface area contributed by atoms with Gasteiger partial charge in [-0.2, -0.15) is 0 Å². The number of aryl methyl sites for hydroxylation is 1. The lowest BCUT2D eigenvalue weighted by Crippen LogP contribution is -1.79. The van der Waals surface area contributed by atoms with E-state index >= 15 is 0 Å². The summed E-state index contributed by atoms with van der Waals surface area (Å²) < 4.78 is 0. The molecule has 0 saturated heterocycles. The predicted octanol–water partition coefficient (Wildman–Crippen LogP) is 2.84. The first kappa shape index (κ1) is 6.23. The minimum Gasteiger partial charge on any atom is -0.0840 e. The van der Waals surface area contributed by atoms with Crippen LogP contribution in [-0.4, -0.2) is 0 Å². The van der Waals surface area contributed by atoms with E-state index in [1.54, 1.807) is 0 Å². The minimum atomic E-state index is 0.898. The van der Waals surface area contributed by atoms with Crippen molar-refractivity contribution in [2.45, 2.75) is 12.8 Å². The number of rotatable bonds is 0. The molecule has 0 atom stereocenters. The summed E-state index contributed by atoms with van der Waals surface area (Å²) in [6.45, 7) is 0. The molecule has 1 radical (unpaired) electrons. The monoisotopic (exact) mass is 151 g/mol. The standard InChI is InChI=1S/C9H8Cl/c10-9-6-2-4-7-3-1-5-8(7)9/h2,4-6H,1,3H2. The highest BCUT2D eigenvalue weighted by Crippen LogP contribution is 2.29. The largest absolute Gasteiger partial charge is 0.0840 e. The van der Waals surface area contributed by atoms with Gasteiger partial charge in [0.25, 0.3) is 0 Å². The quantitative estimate of drug-likeness (QED) is 0.535. The zero-order chi connectivity index (χ0) is 6.97. The molecule has 0 aliphatic heterocycles. The first-order valence-corrected chi connectivity index (χ1v) is 3.86. The molecule has 0 heterocycles. The highest BCUT2D eigenvalue weighted by Gasteiger charge is 2.12. The maximum absolute atomic E-state index is 5.94. The average Bonchev–Trinajstić information content (AvgIpc) is 2.36. The molecule has 10 heavy (non-hydrogen) atoms. The van der Waals surface area contributed by atoms with Crippen LogP contribution in [0, 0.1) is 6.42 Å². The first-order valence-electron chi connectivity index (χ1n) is 3.48. The third-order valence-corrected chi connectivity index (χ3v) is 2.23. The van der Waals surface area contributed by atoms with Gasteiger partial charge in [-0.3, -0.25) is 0 Å². The van der Waals surface area contributed by atoms with Crippen LogP contribution < -0.4 is 0 Å². The van der Waals surface area contributed by atoms with Crippen molar-refractivity contribution in [3.8, 4) is 0 Å². The molecule has 1 heteroatoms. The maximum atomic E-state index is 5.94. The fourth-order valence-electron chi connectivity index (χ4n) is 1.40. The van der Waals surface area contributed by atoms with Crippen molar-refractivity contribution in [1.29, 1.82) is 0 Å². The summed E-state index contributed by atoms with van der Waals surface area (Å²) in [5.41, 5.74) is 2.65. The Morgan fingerprint density at radius 3 is 3.00 bits per heavy atom. The molecule has 1 aromatic rings. The third-order valence-electron chi connectivity index (χ3n) is 1.91. The SMILES string of the molecule is Clc1cccc2c1[CH]CC2.